The van der Waals surface area contributed by atoms with E-state index in [0.29, 0.717) is 11.9 Å². The summed E-state index contributed by atoms with van der Waals surface area (Å²) in [6.07, 6.45) is 0. The molecule has 0 radical (unpaired) electrons. The Morgan fingerprint density at radius 3 is 2.60 bits per heavy atom. The van der Waals surface area contributed by atoms with Gasteiger partial charge in [0, 0.05) is 9.86 Å². The van der Waals surface area contributed by atoms with Crippen LogP contribution in [0.5, 0.6) is 5.88 Å². The third-order valence-electron chi connectivity index (χ3n) is 3.25. The maximum atomic E-state index is 11.0. The van der Waals surface area contributed by atoms with Crippen molar-refractivity contribution in [3.8, 4) is 5.88 Å². The van der Waals surface area contributed by atoms with E-state index in [-0.39, 0.29) is 11.6 Å². The number of nitroso groups, excluding NO2 is 1. The smallest absolute Gasteiger partial charge is 0.222 e. The lowest BCUT2D eigenvalue weighted by molar-refractivity contribution is 0.430. The number of rotatable bonds is 3. The minimum absolute atomic E-state index is 0.0808. The van der Waals surface area contributed by atoms with Crippen LogP contribution in [0.4, 0.5) is 5.69 Å². The van der Waals surface area contributed by atoms with E-state index >= 15 is 0 Å². The molecule has 0 amide bonds. The number of halogens is 1. The molecule has 0 aliphatic rings. The highest BCUT2D eigenvalue weighted by Gasteiger charge is 2.17. The van der Waals surface area contributed by atoms with Crippen molar-refractivity contribution in [3.63, 3.8) is 0 Å². The first kappa shape index (κ1) is 12.9. The second-order valence-electron chi connectivity index (χ2n) is 4.50. The average molecular weight is 331 g/mol. The molecule has 0 bridgehead atoms. The number of hydrogen-bond acceptors (Lipinski definition) is 3. The zero-order valence-electron chi connectivity index (χ0n) is 10.5. The van der Waals surface area contributed by atoms with Gasteiger partial charge in [-0.25, -0.2) is 0 Å². The molecular weight excluding hydrogens is 320 g/mol. The van der Waals surface area contributed by atoms with Crippen molar-refractivity contribution in [2.24, 2.45) is 5.18 Å². The lowest BCUT2D eigenvalue weighted by atomic mass is 10.2. The van der Waals surface area contributed by atoms with Gasteiger partial charge in [-0.05, 0) is 28.9 Å². The van der Waals surface area contributed by atoms with Crippen LogP contribution in [-0.4, -0.2) is 9.67 Å². The standard InChI is InChI=1S/C15H11BrN2O2/c16-11-6-7-13-12(8-11)14(17-20)15(19)18(13)9-10-4-2-1-3-5-10/h1-8,19H,9H2. The van der Waals surface area contributed by atoms with Crippen LogP contribution in [0.3, 0.4) is 0 Å². The Hall–Kier alpha value is -2.14. The quantitative estimate of drug-likeness (QED) is 0.716. The first-order valence-electron chi connectivity index (χ1n) is 6.08. The molecule has 2 aromatic carbocycles. The Balaban J connectivity index is 2.20. The molecule has 0 unspecified atom stereocenters. The molecular formula is C15H11BrN2O2. The molecule has 0 aliphatic carbocycles. The summed E-state index contributed by atoms with van der Waals surface area (Å²) in [5.41, 5.74) is 1.90. The van der Waals surface area contributed by atoms with Crippen molar-refractivity contribution in [3.05, 3.63) is 63.5 Å². The molecule has 5 heteroatoms. The van der Waals surface area contributed by atoms with E-state index in [1.807, 2.05) is 42.5 Å². The van der Waals surface area contributed by atoms with Crippen molar-refractivity contribution >= 4 is 32.5 Å². The normalized spacial score (nSPS) is 10.8. The number of hydrogen-bond donors (Lipinski definition) is 1. The lowest BCUT2D eigenvalue weighted by Crippen LogP contribution is -1.98. The zero-order valence-corrected chi connectivity index (χ0v) is 12.0. The Bertz CT molecular complexity index is 781. The molecule has 3 aromatic rings. The monoisotopic (exact) mass is 330 g/mol. The minimum Gasteiger partial charge on any atom is -0.493 e. The van der Waals surface area contributed by atoms with Gasteiger partial charge in [0.1, 0.15) is 0 Å². The summed E-state index contributed by atoms with van der Waals surface area (Å²) in [5.74, 6) is -0.100. The molecule has 0 saturated heterocycles. The van der Waals surface area contributed by atoms with E-state index in [0.717, 1.165) is 15.6 Å². The van der Waals surface area contributed by atoms with Crippen molar-refractivity contribution in [1.29, 1.82) is 0 Å². The molecule has 0 atom stereocenters. The van der Waals surface area contributed by atoms with Gasteiger partial charge in [-0.1, -0.05) is 46.3 Å². The summed E-state index contributed by atoms with van der Waals surface area (Å²) in [6, 6.07) is 15.3. The van der Waals surface area contributed by atoms with E-state index in [1.54, 1.807) is 10.6 Å². The van der Waals surface area contributed by atoms with Crippen LogP contribution in [0.25, 0.3) is 10.9 Å². The fraction of sp³-hybridized carbons (Fsp3) is 0.0667. The van der Waals surface area contributed by atoms with Crippen LogP contribution < -0.4 is 0 Å². The van der Waals surface area contributed by atoms with Crippen molar-refractivity contribution in [1.82, 2.24) is 4.57 Å². The van der Waals surface area contributed by atoms with E-state index in [9.17, 15) is 10.0 Å². The number of aromatic hydroxyl groups is 1. The van der Waals surface area contributed by atoms with Crippen LogP contribution in [0, 0.1) is 4.91 Å². The Labute approximate surface area is 123 Å². The summed E-state index contributed by atoms with van der Waals surface area (Å²) in [4.78, 5) is 11.0. The average Bonchev–Trinajstić information content (AvgIpc) is 2.71. The zero-order chi connectivity index (χ0) is 14.1. The van der Waals surface area contributed by atoms with Gasteiger partial charge < -0.3 is 9.67 Å². The van der Waals surface area contributed by atoms with Crippen LogP contribution in [0.15, 0.2) is 58.2 Å². The molecule has 0 fully saturated rings. The summed E-state index contributed by atoms with van der Waals surface area (Å²) >= 11 is 3.36. The second kappa shape index (κ2) is 5.09. The van der Waals surface area contributed by atoms with Gasteiger partial charge in [-0.2, -0.15) is 0 Å². The molecule has 0 spiro atoms. The summed E-state index contributed by atoms with van der Waals surface area (Å²) < 4.78 is 2.53. The van der Waals surface area contributed by atoms with Gasteiger partial charge in [-0.3, -0.25) is 0 Å². The Morgan fingerprint density at radius 2 is 1.90 bits per heavy atom. The topological polar surface area (TPSA) is 54.6 Å². The van der Waals surface area contributed by atoms with Crippen LogP contribution in [0.1, 0.15) is 5.56 Å². The number of fused-ring (bicyclic) bond motifs is 1. The second-order valence-corrected chi connectivity index (χ2v) is 5.41. The van der Waals surface area contributed by atoms with Gasteiger partial charge in [0.05, 0.1) is 12.1 Å². The molecule has 0 saturated carbocycles. The fourth-order valence-electron chi connectivity index (χ4n) is 2.31. The SMILES string of the molecule is O=Nc1c(O)n(Cc2ccccc2)c2ccc(Br)cc12. The van der Waals surface area contributed by atoms with Gasteiger partial charge in [0.15, 0.2) is 5.69 Å². The summed E-state index contributed by atoms with van der Waals surface area (Å²) in [6.45, 7) is 0.486. The molecule has 3 rings (SSSR count). The molecule has 1 N–H and O–H groups in total. The lowest BCUT2D eigenvalue weighted by Gasteiger charge is -2.07. The predicted octanol–water partition coefficient (Wildman–Crippen LogP) is 4.56. The van der Waals surface area contributed by atoms with Crippen molar-refractivity contribution in [2.45, 2.75) is 6.54 Å². The predicted molar refractivity (Wildman–Crippen MR) is 82.3 cm³/mol. The summed E-state index contributed by atoms with van der Waals surface area (Å²) in [5, 5.41) is 13.8. The molecule has 20 heavy (non-hydrogen) atoms. The van der Waals surface area contributed by atoms with Gasteiger partial charge in [-0.15, -0.1) is 4.91 Å². The van der Waals surface area contributed by atoms with E-state index in [2.05, 4.69) is 21.1 Å². The van der Waals surface area contributed by atoms with Gasteiger partial charge in [0.25, 0.3) is 0 Å². The van der Waals surface area contributed by atoms with E-state index in [4.69, 9.17) is 0 Å². The van der Waals surface area contributed by atoms with Gasteiger partial charge >= 0.3 is 0 Å². The van der Waals surface area contributed by atoms with Crippen molar-refractivity contribution in [2.75, 3.05) is 0 Å². The first-order chi connectivity index (χ1) is 9.70. The Kier molecular flexibility index (Phi) is 3.28. The molecule has 1 aromatic heterocycles. The van der Waals surface area contributed by atoms with Crippen LogP contribution in [0.2, 0.25) is 0 Å². The van der Waals surface area contributed by atoms with Crippen molar-refractivity contribution < 1.29 is 5.11 Å². The Morgan fingerprint density at radius 1 is 1.15 bits per heavy atom. The van der Waals surface area contributed by atoms with Crippen LogP contribution >= 0.6 is 15.9 Å². The maximum absolute atomic E-state index is 11.0. The largest absolute Gasteiger partial charge is 0.493 e. The highest BCUT2D eigenvalue weighted by molar-refractivity contribution is 9.10. The highest BCUT2D eigenvalue weighted by atomic mass is 79.9. The fourth-order valence-corrected chi connectivity index (χ4v) is 2.67. The molecule has 4 nitrogen and oxygen atoms in total. The molecule has 100 valence electrons. The number of nitrogens with zero attached hydrogens (tertiary/aromatic N) is 2. The number of benzene rings is 2. The third-order valence-corrected chi connectivity index (χ3v) is 3.74. The van der Waals surface area contributed by atoms with E-state index < -0.39 is 0 Å². The first-order valence-corrected chi connectivity index (χ1v) is 6.88. The maximum Gasteiger partial charge on any atom is 0.222 e. The number of aromatic nitrogens is 1. The van der Waals surface area contributed by atoms with E-state index in [1.165, 1.54) is 0 Å². The highest BCUT2D eigenvalue weighted by Crippen LogP contribution is 2.39. The molecule has 1 heterocycles. The minimum atomic E-state index is -0.100. The third kappa shape index (κ3) is 2.10. The van der Waals surface area contributed by atoms with Crippen LogP contribution in [-0.2, 0) is 6.54 Å². The summed E-state index contributed by atoms with van der Waals surface area (Å²) in [7, 11) is 0. The molecule has 0 aliphatic heterocycles. The van der Waals surface area contributed by atoms with Gasteiger partial charge in [0.2, 0.25) is 5.88 Å².